The van der Waals surface area contributed by atoms with Gasteiger partial charge in [0.2, 0.25) is 0 Å². The SMILES string of the molecule is O=C1C=CC(=O)C=C1.O=O.Oc1ccc(O)cc1.[H+].[H+].[O-]c1ccc(O)cc1. The van der Waals surface area contributed by atoms with Crippen molar-refractivity contribution in [2.75, 3.05) is 0 Å². The van der Waals surface area contributed by atoms with Gasteiger partial charge in [-0.05, 0) is 60.7 Å². The molecule has 0 bridgehead atoms. The van der Waals surface area contributed by atoms with Gasteiger partial charge in [0.25, 0.3) is 0 Å². The number of carbonyl (C=O) groups is 2. The number of carbonyl (C=O) groups excluding carboxylic acids is 2. The van der Waals surface area contributed by atoms with E-state index in [0.29, 0.717) is 0 Å². The molecule has 0 amide bonds. The van der Waals surface area contributed by atoms with E-state index in [4.69, 9.17) is 25.2 Å². The van der Waals surface area contributed by atoms with Crippen LogP contribution in [0.1, 0.15) is 2.85 Å². The highest BCUT2D eigenvalue weighted by atomic mass is 16.7. The first-order chi connectivity index (χ1) is 12.4. The average molecular weight is 361 g/mol. The van der Waals surface area contributed by atoms with Gasteiger partial charge in [0.1, 0.15) is 17.2 Å². The molecule has 1 aliphatic rings. The van der Waals surface area contributed by atoms with Crippen molar-refractivity contribution in [3.63, 3.8) is 0 Å². The van der Waals surface area contributed by atoms with Crippen LogP contribution in [0.4, 0.5) is 0 Å². The summed E-state index contributed by atoms with van der Waals surface area (Å²) in [6.07, 6.45) is 5.01. The Bertz CT molecular complexity index is 633. The van der Waals surface area contributed by atoms with Crippen molar-refractivity contribution >= 4 is 11.6 Å². The van der Waals surface area contributed by atoms with E-state index < -0.39 is 0 Å². The van der Waals surface area contributed by atoms with Gasteiger partial charge < -0.3 is 20.4 Å². The van der Waals surface area contributed by atoms with E-state index in [0.717, 1.165) is 0 Å². The summed E-state index contributed by atoms with van der Waals surface area (Å²) in [5, 5.41) is 36.2. The summed E-state index contributed by atoms with van der Waals surface area (Å²) in [6.45, 7) is 0. The molecule has 136 valence electrons. The molecule has 8 nitrogen and oxygen atoms in total. The second-order valence-corrected chi connectivity index (χ2v) is 4.48. The number of benzene rings is 2. The Morgan fingerprint density at radius 2 is 0.808 bits per heavy atom. The molecule has 8 heteroatoms. The summed E-state index contributed by atoms with van der Waals surface area (Å²) in [6, 6.07) is 11.1. The molecule has 1 aliphatic carbocycles. The van der Waals surface area contributed by atoms with Crippen LogP contribution < -0.4 is 5.11 Å². The van der Waals surface area contributed by atoms with Crippen molar-refractivity contribution < 1.29 is 32.9 Å². The first-order valence-corrected chi connectivity index (χ1v) is 6.91. The molecule has 26 heavy (non-hydrogen) atoms. The Labute approximate surface area is 151 Å². The lowest BCUT2D eigenvalue weighted by molar-refractivity contribution is -0.268. The molecule has 0 saturated heterocycles. The van der Waals surface area contributed by atoms with Gasteiger partial charge in [0, 0.05) is 9.93 Å². The maximum Gasteiger partial charge on any atom is 1.00 e. The van der Waals surface area contributed by atoms with Gasteiger partial charge in [-0.15, -0.1) is 5.75 Å². The van der Waals surface area contributed by atoms with E-state index in [1.54, 1.807) is 0 Å². The fourth-order valence-electron chi connectivity index (χ4n) is 1.34. The largest absolute Gasteiger partial charge is 1.00 e. The molecule has 0 fully saturated rings. The van der Waals surface area contributed by atoms with Gasteiger partial charge in [-0.25, -0.2) is 0 Å². The first kappa shape index (κ1) is 22.1. The minimum atomic E-state index is -0.121. The standard InChI is InChI=1S/2C6H6O2.C6H4O2.O2/c3*7-5-1-2-6(8)4-3-5;1-2/h2*1-4,7-8H;1-4H;/p+1. The van der Waals surface area contributed by atoms with E-state index in [1.807, 2.05) is 0 Å². The first-order valence-electron chi connectivity index (χ1n) is 6.91. The van der Waals surface area contributed by atoms with E-state index in [1.165, 1.54) is 72.8 Å². The van der Waals surface area contributed by atoms with Crippen LogP contribution in [0.2, 0.25) is 0 Å². The molecule has 2 aromatic carbocycles. The van der Waals surface area contributed by atoms with Crippen molar-refractivity contribution in [3.8, 4) is 23.0 Å². The van der Waals surface area contributed by atoms with Gasteiger partial charge in [-0.3, -0.25) is 9.59 Å². The van der Waals surface area contributed by atoms with Crippen LogP contribution in [-0.4, -0.2) is 26.9 Å². The molecule has 2 aromatic rings. The lowest BCUT2D eigenvalue weighted by atomic mass is 10.2. The molecule has 0 atom stereocenters. The van der Waals surface area contributed by atoms with Gasteiger partial charge >= 0.3 is 2.85 Å². The Hall–Kier alpha value is -3.94. The van der Waals surface area contributed by atoms with Crippen molar-refractivity contribution in [2.24, 2.45) is 0 Å². The third-order valence-corrected chi connectivity index (χ3v) is 2.51. The third-order valence-electron chi connectivity index (χ3n) is 2.51. The molecule has 0 saturated carbocycles. The van der Waals surface area contributed by atoms with Crippen LogP contribution in [0.25, 0.3) is 0 Å². The minimum absolute atomic E-state index is 0. The molecule has 0 radical (unpaired) electrons. The lowest BCUT2D eigenvalue weighted by Gasteiger charge is -2.00. The fourth-order valence-corrected chi connectivity index (χ4v) is 1.34. The summed E-state index contributed by atoms with van der Waals surface area (Å²) in [4.78, 5) is 34.6. The number of ketones is 2. The smallest absolute Gasteiger partial charge is 0.872 e. The number of phenolic OH excluding ortho intramolecular Hbond substituents is 3. The number of phenols is 3. The Kier molecular flexibility index (Phi) is 10.6. The third kappa shape index (κ3) is 10.7. The van der Waals surface area contributed by atoms with Gasteiger partial charge in [-0.2, -0.15) is 0 Å². The zero-order chi connectivity index (χ0) is 19.9. The van der Waals surface area contributed by atoms with E-state index in [-0.39, 0.29) is 37.4 Å². The topological polar surface area (TPSA) is 152 Å². The molecule has 3 rings (SSSR count). The van der Waals surface area contributed by atoms with Crippen molar-refractivity contribution in [1.82, 2.24) is 0 Å². The summed E-state index contributed by atoms with van der Waals surface area (Å²) in [5.41, 5.74) is 0. The van der Waals surface area contributed by atoms with Crippen molar-refractivity contribution in [1.29, 1.82) is 0 Å². The molecule has 0 aromatic heterocycles. The zero-order valence-electron chi connectivity index (χ0n) is 15.3. The summed E-state index contributed by atoms with van der Waals surface area (Å²) in [7, 11) is 0. The Balaban J connectivity index is -0.000000310. The van der Waals surface area contributed by atoms with Gasteiger partial charge in [0.05, 0.1) is 0 Å². The van der Waals surface area contributed by atoms with E-state index in [9.17, 15) is 14.7 Å². The number of hydrogen-bond donors (Lipinski definition) is 3. The number of rotatable bonds is 0. The summed E-state index contributed by atoms with van der Waals surface area (Å²) in [5.74, 6) is 0.146. The predicted molar refractivity (Wildman–Crippen MR) is 94.6 cm³/mol. The maximum absolute atomic E-state index is 10.3. The number of aromatic hydroxyl groups is 3. The van der Waals surface area contributed by atoms with Crippen LogP contribution in [0, 0.1) is 9.93 Å². The normalized spacial score (nSPS) is 11.1. The Morgan fingerprint density at radius 1 is 0.577 bits per heavy atom. The van der Waals surface area contributed by atoms with Crippen molar-refractivity contribution in [2.45, 2.75) is 0 Å². The summed E-state index contributed by atoms with van der Waals surface area (Å²) >= 11 is 0. The number of allylic oxidation sites excluding steroid dienone is 4. The summed E-state index contributed by atoms with van der Waals surface area (Å²) < 4.78 is 0. The van der Waals surface area contributed by atoms with Crippen LogP contribution in [-0.2, 0) is 9.59 Å². The highest BCUT2D eigenvalue weighted by Crippen LogP contribution is 2.13. The molecular formula is C18H17O8+. The van der Waals surface area contributed by atoms with E-state index >= 15 is 0 Å². The average Bonchev–Trinajstić information content (AvgIpc) is 2.65. The molecule has 0 heterocycles. The minimum Gasteiger partial charge on any atom is -0.872 e. The molecule has 3 N–H and O–H groups in total. The maximum atomic E-state index is 10.3. The van der Waals surface area contributed by atoms with E-state index in [2.05, 4.69) is 0 Å². The van der Waals surface area contributed by atoms with Crippen molar-refractivity contribution in [3.05, 3.63) is 82.8 Å². The molecule has 0 spiro atoms. The quantitative estimate of drug-likeness (QED) is 0.476. The predicted octanol–water partition coefficient (Wildman–Crippen LogP) is 2.11. The Morgan fingerprint density at radius 3 is 1.04 bits per heavy atom. The van der Waals surface area contributed by atoms with Crippen LogP contribution in [0.3, 0.4) is 0 Å². The lowest BCUT2D eigenvalue weighted by Crippen LogP contribution is -1.97. The molecule has 0 unspecified atom stereocenters. The highest BCUT2D eigenvalue weighted by Gasteiger charge is 1.97. The van der Waals surface area contributed by atoms with Gasteiger partial charge in [-0.1, -0.05) is 12.1 Å². The fraction of sp³-hybridized carbons (Fsp3) is 0. The monoisotopic (exact) mass is 361 g/mol. The second kappa shape index (κ2) is 12.5. The van der Waals surface area contributed by atoms with Crippen LogP contribution >= 0.6 is 0 Å². The number of hydrogen-bond acceptors (Lipinski definition) is 8. The molecule has 0 aliphatic heterocycles. The highest BCUT2D eigenvalue weighted by molar-refractivity contribution is 6.14. The van der Waals surface area contributed by atoms with Crippen LogP contribution in [0.5, 0.6) is 23.0 Å². The van der Waals surface area contributed by atoms with Crippen LogP contribution in [0.15, 0.2) is 72.8 Å². The van der Waals surface area contributed by atoms with Gasteiger partial charge in [0.15, 0.2) is 11.6 Å². The zero-order valence-corrected chi connectivity index (χ0v) is 13.3. The second-order valence-electron chi connectivity index (χ2n) is 4.48. The molecular weight excluding hydrogens is 344 g/mol.